The Bertz CT molecular complexity index is 470. The van der Waals surface area contributed by atoms with Gasteiger partial charge < -0.3 is 10.6 Å². The van der Waals surface area contributed by atoms with Gasteiger partial charge in [-0.3, -0.25) is 4.79 Å². The monoisotopic (exact) mass is 334 g/mol. The van der Waals surface area contributed by atoms with Crippen molar-refractivity contribution in [2.75, 3.05) is 19.1 Å². The molecular formula is C14H20Cl2N2OS. The van der Waals surface area contributed by atoms with E-state index in [9.17, 15) is 4.79 Å². The van der Waals surface area contributed by atoms with Crippen molar-refractivity contribution in [3.63, 3.8) is 0 Å². The number of carbonyl (C=O) groups is 1. The minimum Gasteiger partial charge on any atom is -0.338 e. The fraction of sp³-hybridized carbons (Fsp3) is 0.500. The minimum absolute atomic E-state index is 0.0717. The highest BCUT2D eigenvalue weighted by molar-refractivity contribution is 7.98. The maximum Gasteiger partial charge on any atom is 0.239 e. The number of nitrogens with two attached hydrogens (primary N) is 1. The highest BCUT2D eigenvalue weighted by atomic mass is 35.5. The Morgan fingerprint density at radius 1 is 1.45 bits per heavy atom. The van der Waals surface area contributed by atoms with E-state index < -0.39 is 6.04 Å². The molecule has 0 aliphatic carbocycles. The van der Waals surface area contributed by atoms with E-state index in [0.717, 1.165) is 11.3 Å². The lowest BCUT2D eigenvalue weighted by Crippen LogP contribution is -2.43. The number of halogens is 2. The molecule has 3 nitrogen and oxygen atoms in total. The number of likely N-dealkylation sites (N-methyl/N-ethyl adjacent to an activating group) is 1. The molecule has 0 heterocycles. The smallest absolute Gasteiger partial charge is 0.239 e. The summed E-state index contributed by atoms with van der Waals surface area (Å²) in [6.45, 7) is 1.92. The third kappa shape index (κ3) is 4.55. The SMILES string of the molecule is CSCC[C@@H](N)C(=O)N(C)C(C)c1ccc(Cl)cc1Cl. The molecule has 6 heteroatoms. The van der Waals surface area contributed by atoms with Crippen molar-refractivity contribution in [1.29, 1.82) is 0 Å². The average Bonchev–Trinajstić information content (AvgIpc) is 2.42. The third-order valence-electron chi connectivity index (χ3n) is 3.29. The molecule has 112 valence electrons. The van der Waals surface area contributed by atoms with Crippen LogP contribution in [0.1, 0.15) is 24.9 Å². The van der Waals surface area contributed by atoms with Crippen LogP contribution >= 0.6 is 35.0 Å². The molecular weight excluding hydrogens is 315 g/mol. The predicted molar refractivity (Wildman–Crippen MR) is 88.6 cm³/mol. The molecule has 0 radical (unpaired) electrons. The molecule has 0 aromatic heterocycles. The summed E-state index contributed by atoms with van der Waals surface area (Å²) >= 11 is 13.7. The summed E-state index contributed by atoms with van der Waals surface area (Å²) in [7, 11) is 1.75. The van der Waals surface area contributed by atoms with Crippen molar-refractivity contribution in [3.8, 4) is 0 Å². The van der Waals surface area contributed by atoms with Gasteiger partial charge in [0.1, 0.15) is 0 Å². The van der Waals surface area contributed by atoms with E-state index in [1.807, 2.05) is 19.2 Å². The summed E-state index contributed by atoms with van der Waals surface area (Å²) in [5.74, 6) is 0.800. The van der Waals surface area contributed by atoms with Crippen LogP contribution in [0.5, 0.6) is 0 Å². The summed E-state index contributed by atoms with van der Waals surface area (Å²) in [4.78, 5) is 13.9. The van der Waals surface area contributed by atoms with Gasteiger partial charge in [0.2, 0.25) is 5.91 Å². The fourth-order valence-electron chi connectivity index (χ4n) is 1.87. The number of benzene rings is 1. The lowest BCUT2D eigenvalue weighted by molar-refractivity contribution is -0.133. The van der Waals surface area contributed by atoms with Crippen LogP contribution in [-0.2, 0) is 4.79 Å². The van der Waals surface area contributed by atoms with Crippen molar-refractivity contribution >= 4 is 40.9 Å². The maximum absolute atomic E-state index is 12.3. The first-order valence-electron chi connectivity index (χ1n) is 6.34. The van der Waals surface area contributed by atoms with Crippen LogP contribution in [0.4, 0.5) is 0 Å². The van der Waals surface area contributed by atoms with Gasteiger partial charge in [-0.1, -0.05) is 29.3 Å². The van der Waals surface area contributed by atoms with Gasteiger partial charge in [-0.2, -0.15) is 11.8 Å². The van der Waals surface area contributed by atoms with E-state index in [2.05, 4.69) is 0 Å². The van der Waals surface area contributed by atoms with Gasteiger partial charge in [0.05, 0.1) is 12.1 Å². The second kappa shape index (κ2) is 8.13. The van der Waals surface area contributed by atoms with Crippen molar-refractivity contribution in [2.24, 2.45) is 5.73 Å². The summed E-state index contributed by atoms with van der Waals surface area (Å²) in [5.41, 5.74) is 6.79. The van der Waals surface area contributed by atoms with Crippen LogP contribution in [0, 0.1) is 0 Å². The molecule has 0 saturated heterocycles. The molecule has 1 rings (SSSR count). The number of hydrogen-bond donors (Lipinski definition) is 1. The van der Waals surface area contributed by atoms with E-state index >= 15 is 0 Å². The lowest BCUT2D eigenvalue weighted by Gasteiger charge is -2.28. The zero-order chi connectivity index (χ0) is 15.3. The second-order valence-electron chi connectivity index (χ2n) is 4.68. The summed E-state index contributed by atoms with van der Waals surface area (Å²) < 4.78 is 0. The average molecular weight is 335 g/mol. The Labute approximate surface area is 134 Å². The highest BCUT2D eigenvalue weighted by Crippen LogP contribution is 2.29. The Morgan fingerprint density at radius 2 is 2.10 bits per heavy atom. The third-order valence-corrected chi connectivity index (χ3v) is 4.50. The normalized spacial score (nSPS) is 13.9. The quantitative estimate of drug-likeness (QED) is 0.864. The first-order chi connectivity index (χ1) is 9.38. The van der Waals surface area contributed by atoms with Crippen LogP contribution in [0.3, 0.4) is 0 Å². The first kappa shape index (κ1) is 17.6. The predicted octanol–water partition coefficient (Wildman–Crippen LogP) is 3.59. The van der Waals surface area contributed by atoms with Crippen LogP contribution in [0.15, 0.2) is 18.2 Å². The number of thioether (sulfide) groups is 1. The van der Waals surface area contributed by atoms with Gasteiger partial charge >= 0.3 is 0 Å². The largest absolute Gasteiger partial charge is 0.338 e. The number of nitrogens with zero attached hydrogens (tertiary/aromatic N) is 1. The Balaban J connectivity index is 2.80. The molecule has 0 fully saturated rings. The molecule has 0 aliphatic rings. The fourth-order valence-corrected chi connectivity index (χ4v) is 2.93. The number of amides is 1. The number of rotatable bonds is 6. The van der Waals surface area contributed by atoms with Gasteiger partial charge in [0, 0.05) is 17.1 Å². The van der Waals surface area contributed by atoms with Gasteiger partial charge in [-0.05, 0) is 43.0 Å². The molecule has 0 saturated carbocycles. The van der Waals surface area contributed by atoms with Gasteiger partial charge in [-0.25, -0.2) is 0 Å². The standard InChI is InChI=1S/C14H20Cl2N2OS/c1-9(11-5-4-10(15)8-12(11)16)18(2)14(19)13(17)6-7-20-3/h4-5,8-9,13H,6-7,17H2,1-3H3/t9?,13-/m1/s1. The molecule has 0 aliphatic heterocycles. The molecule has 1 amide bonds. The molecule has 2 atom stereocenters. The van der Waals surface area contributed by atoms with Crippen LogP contribution < -0.4 is 5.73 Å². The van der Waals surface area contributed by atoms with Crippen LogP contribution in [0.25, 0.3) is 0 Å². The van der Waals surface area contributed by atoms with Crippen LogP contribution in [-0.4, -0.2) is 35.9 Å². The summed E-state index contributed by atoms with van der Waals surface area (Å²) in [6, 6.07) is 4.67. The molecule has 2 N–H and O–H groups in total. The topological polar surface area (TPSA) is 46.3 Å². The zero-order valence-corrected chi connectivity index (χ0v) is 14.2. The van der Waals surface area contributed by atoms with Crippen LogP contribution in [0.2, 0.25) is 10.0 Å². The Hall–Kier alpha value is -0.420. The minimum atomic E-state index is -0.471. The maximum atomic E-state index is 12.3. The van der Waals surface area contributed by atoms with E-state index in [4.69, 9.17) is 28.9 Å². The van der Waals surface area contributed by atoms with Gasteiger partial charge in [0.25, 0.3) is 0 Å². The molecule has 20 heavy (non-hydrogen) atoms. The molecule has 1 unspecified atom stereocenters. The zero-order valence-electron chi connectivity index (χ0n) is 11.9. The van der Waals surface area contributed by atoms with Gasteiger partial charge in [-0.15, -0.1) is 0 Å². The molecule has 1 aromatic rings. The van der Waals surface area contributed by atoms with E-state index in [0.29, 0.717) is 16.5 Å². The summed E-state index contributed by atoms with van der Waals surface area (Å²) in [5, 5.41) is 1.14. The van der Waals surface area contributed by atoms with Gasteiger partial charge in [0.15, 0.2) is 0 Å². The van der Waals surface area contributed by atoms with E-state index in [-0.39, 0.29) is 11.9 Å². The van der Waals surface area contributed by atoms with E-state index in [1.54, 1.807) is 35.8 Å². The lowest BCUT2D eigenvalue weighted by atomic mass is 10.1. The Kier molecular flexibility index (Phi) is 7.17. The Morgan fingerprint density at radius 3 is 2.65 bits per heavy atom. The van der Waals surface area contributed by atoms with Crippen molar-refractivity contribution in [3.05, 3.63) is 33.8 Å². The second-order valence-corrected chi connectivity index (χ2v) is 6.51. The van der Waals surface area contributed by atoms with Crippen molar-refractivity contribution < 1.29 is 4.79 Å². The molecule has 1 aromatic carbocycles. The van der Waals surface area contributed by atoms with Crippen molar-refractivity contribution in [2.45, 2.75) is 25.4 Å². The summed E-state index contributed by atoms with van der Waals surface area (Å²) in [6.07, 6.45) is 2.67. The first-order valence-corrected chi connectivity index (χ1v) is 8.49. The number of hydrogen-bond acceptors (Lipinski definition) is 3. The molecule has 0 spiro atoms. The molecule has 0 bridgehead atoms. The number of carbonyl (C=O) groups excluding carboxylic acids is 1. The highest BCUT2D eigenvalue weighted by Gasteiger charge is 2.23. The van der Waals surface area contributed by atoms with Crippen molar-refractivity contribution in [1.82, 2.24) is 4.90 Å². The van der Waals surface area contributed by atoms with E-state index in [1.165, 1.54) is 0 Å².